The molecule has 2 aliphatic rings. The van der Waals surface area contributed by atoms with E-state index in [-0.39, 0.29) is 5.54 Å². The molecular formula is C16H23NO2. The van der Waals surface area contributed by atoms with Gasteiger partial charge in [0.1, 0.15) is 13.2 Å². The summed E-state index contributed by atoms with van der Waals surface area (Å²) in [5, 5.41) is 3.77. The van der Waals surface area contributed by atoms with Crippen molar-refractivity contribution in [3.8, 4) is 11.5 Å². The van der Waals surface area contributed by atoms with E-state index >= 15 is 0 Å². The highest BCUT2D eigenvalue weighted by molar-refractivity contribution is 5.46. The molecule has 0 saturated carbocycles. The summed E-state index contributed by atoms with van der Waals surface area (Å²) in [5.74, 6) is 1.79. The average molecular weight is 261 g/mol. The largest absolute Gasteiger partial charge is 0.486 e. The number of rotatable bonds is 2. The third-order valence-corrected chi connectivity index (χ3v) is 4.44. The molecule has 0 spiro atoms. The second kappa shape index (κ2) is 5.41. The van der Waals surface area contributed by atoms with Gasteiger partial charge in [0, 0.05) is 5.54 Å². The van der Waals surface area contributed by atoms with Crippen molar-refractivity contribution in [3.63, 3.8) is 0 Å². The van der Waals surface area contributed by atoms with Crippen molar-refractivity contribution >= 4 is 0 Å². The highest BCUT2D eigenvalue weighted by Crippen LogP contribution is 2.38. The van der Waals surface area contributed by atoms with Gasteiger partial charge in [-0.25, -0.2) is 0 Å². The summed E-state index contributed by atoms with van der Waals surface area (Å²) in [5.41, 5.74) is 1.47. The minimum absolute atomic E-state index is 0.117. The van der Waals surface area contributed by atoms with Crippen LogP contribution in [-0.2, 0) is 5.54 Å². The summed E-state index contributed by atoms with van der Waals surface area (Å²) < 4.78 is 11.3. The van der Waals surface area contributed by atoms with Crippen molar-refractivity contribution in [2.24, 2.45) is 0 Å². The van der Waals surface area contributed by atoms with Crippen LogP contribution in [0, 0.1) is 0 Å². The minimum atomic E-state index is 0.117. The van der Waals surface area contributed by atoms with E-state index in [0.29, 0.717) is 13.2 Å². The number of ether oxygens (including phenoxy) is 2. The van der Waals surface area contributed by atoms with Gasteiger partial charge in [0.05, 0.1) is 0 Å². The summed E-state index contributed by atoms with van der Waals surface area (Å²) in [4.78, 5) is 0. The topological polar surface area (TPSA) is 30.5 Å². The predicted molar refractivity (Wildman–Crippen MR) is 75.9 cm³/mol. The molecule has 1 N–H and O–H groups in total. The predicted octanol–water partition coefficient (Wildman–Crippen LogP) is 3.23. The summed E-state index contributed by atoms with van der Waals surface area (Å²) in [6, 6.07) is 6.44. The number of fused-ring (bicyclic) bond motifs is 1. The lowest BCUT2D eigenvalue weighted by Gasteiger charge is -2.34. The Morgan fingerprint density at radius 3 is 2.79 bits per heavy atom. The van der Waals surface area contributed by atoms with Gasteiger partial charge in [-0.2, -0.15) is 0 Å². The molecule has 2 aliphatic heterocycles. The van der Waals surface area contributed by atoms with Crippen molar-refractivity contribution in [2.75, 3.05) is 19.8 Å². The molecule has 1 aromatic rings. The van der Waals surface area contributed by atoms with Gasteiger partial charge >= 0.3 is 0 Å². The Hall–Kier alpha value is -1.22. The van der Waals surface area contributed by atoms with Crippen LogP contribution in [0.4, 0.5) is 0 Å². The van der Waals surface area contributed by atoms with E-state index in [2.05, 4.69) is 30.4 Å². The van der Waals surface area contributed by atoms with Crippen LogP contribution < -0.4 is 14.8 Å². The van der Waals surface area contributed by atoms with E-state index in [1.807, 2.05) is 0 Å². The first-order chi connectivity index (χ1) is 9.34. The fourth-order valence-electron chi connectivity index (χ4n) is 3.24. The standard InChI is InChI=1S/C16H23NO2/c1-2-16(8-4-3-5-9-17-16)13-6-7-14-15(12-13)19-11-10-18-14/h6-7,12,17H,2-5,8-11H2,1H3. The SMILES string of the molecule is CCC1(c2ccc3c(c2)OCCO3)CCCCCN1. The molecule has 1 atom stereocenters. The Bertz CT molecular complexity index is 436. The third kappa shape index (κ3) is 2.44. The Balaban J connectivity index is 1.94. The second-order valence-electron chi connectivity index (χ2n) is 5.53. The minimum Gasteiger partial charge on any atom is -0.486 e. The zero-order valence-corrected chi connectivity index (χ0v) is 11.7. The lowest BCUT2D eigenvalue weighted by atomic mass is 9.83. The fraction of sp³-hybridized carbons (Fsp3) is 0.625. The first-order valence-electron chi connectivity index (χ1n) is 7.49. The first-order valence-corrected chi connectivity index (χ1v) is 7.49. The van der Waals surface area contributed by atoms with Crippen LogP contribution in [0.5, 0.6) is 11.5 Å². The molecule has 3 nitrogen and oxygen atoms in total. The number of hydrogen-bond acceptors (Lipinski definition) is 3. The van der Waals surface area contributed by atoms with E-state index < -0.39 is 0 Å². The lowest BCUT2D eigenvalue weighted by Crippen LogP contribution is -2.41. The molecule has 1 fully saturated rings. The molecule has 104 valence electrons. The Kier molecular flexibility index (Phi) is 3.65. The summed E-state index contributed by atoms with van der Waals surface area (Å²) in [6.45, 7) is 4.70. The van der Waals surface area contributed by atoms with Gasteiger partial charge < -0.3 is 14.8 Å². The second-order valence-corrected chi connectivity index (χ2v) is 5.53. The Morgan fingerprint density at radius 2 is 1.95 bits per heavy atom. The molecule has 0 bridgehead atoms. The first kappa shape index (κ1) is 12.8. The summed E-state index contributed by atoms with van der Waals surface area (Å²) in [7, 11) is 0. The van der Waals surface area contributed by atoms with Crippen LogP contribution in [0.1, 0.15) is 44.6 Å². The van der Waals surface area contributed by atoms with Gasteiger partial charge in [-0.05, 0) is 43.5 Å². The smallest absolute Gasteiger partial charge is 0.161 e. The molecule has 0 aromatic heterocycles. The summed E-state index contributed by atoms with van der Waals surface area (Å²) in [6.07, 6.45) is 6.25. The molecule has 0 amide bonds. The van der Waals surface area contributed by atoms with E-state index in [9.17, 15) is 0 Å². The maximum absolute atomic E-state index is 5.72. The highest BCUT2D eigenvalue weighted by atomic mass is 16.6. The summed E-state index contributed by atoms with van der Waals surface area (Å²) >= 11 is 0. The molecular weight excluding hydrogens is 238 g/mol. The van der Waals surface area contributed by atoms with Crippen molar-refractivity contribution in [2.45, 2.75) is 44.6 Å². The van der Waals surface area contributed by atoms with Gasteiger partial charge in [0.2, 0.25) is 0 Å². The zero-order chi connectivity index (χ0) is 13.1. The number of hydrogen-bond donors (Lipinski definition) is 1. The van der Waals surface area contributed by atoms with Gasteiger partial charge in [-0.1, -0.05) is 25.8 Å². The van der Waals surface area contributed by atoms with Gasteiger partial charge in [0.15, 0.2) is 11.5 Å². The molecule has 19 heavy (non-hydrogen) atoms. The van der Waals surface area contributed by atoms with Crippen molar-refractivity contribution in [1.29, 1.82) is 0 Å². The molecule has 1 unspecified atom stereocenters. The van der Waals surface area contributed by atoms with E-state index in [1.54, 1.807) is 0 Å². The lowest BCUT2D eigenvalue weighted by molar-refractivity contribution is 0.170. The molecule has 1 saturated heterocycles. The van der Waals surface area contributed by atoms with Crippen LogP contribution in [0.2, 0.25) is 0 Å². The maximum atomic E-state index is 5.72. The average Bonchev–Trinajstić information content (AvgIpc) is 2.73. The molecule has 0 radical (unpaired) electrons. The van der Waals surface area contributed by atoms with E-state index in [4.69, 9.17) is 9.47 Å². The molecule has 3 heteroatoms. The van der Waals surface area contributed by atoms with Crippen molar-refractivity contribution in [3.05, 3.63) is 23.8 Å². The molecule has 1 aromatic carbocycles. The Morgan fingerprint density at radius 1 is 1.11 bits per heavy atom. The van der Waals surface area contributed by atoms with Crippen molar-refractivity contribution < 1.29 is 9.47 Å². The maximum Gasteiger partial charge on any atom is 0.161 e. The van der Waals surface area contributed by atoms with Crippen LogP contribution in [0.25, 0.3) is 0 Å². The van der Waals surface area contributed by atoms with Gasteiger partial charge in [-0.15, -0.1) is 0 Å². The van der Waals surface area contributed by atoms with Crippen LogP contribution in [0.3, 0.4) is 0 Å². The van der Waals surface area contributed by atoms with Crippen LogP contribution in [0.15, 0.2) is 18.2 Å². The Labute approximate surface area is 115 Å². The number of benzene rings is 1. The monoisotopic (exact) mass is 261 g/mol. The molecule has 2 heterocycles. The zero-order valence-electron chi connectivity index (χ0n) is 11.7. The van der Waals surface area contributed by atoms with E-state index in [1.165, 1.54) is 31.2 Å². The normalized spacial score (nSPS) is 26.8. The van der Waals surface area contributed by atoms with Gasteiger partial charge in [0.25, 0.3) is 0 Å². The van der Waals surface area contributed by atoms with Crippen LogP contribution >= 0.6 is 0 Å². The number of nitrogens with one attached hydrogen (secondary N) is 1. The van der Waals surface area contributed by atoms with E-state index in [0.717, 1.165) is 24.5 Å². The quantitative estimate of drug-likeness (QED) is 0.886. The third-order valence-electron chi connectivity index (χ3n) is 4.44. The van der Waals surface area contributed by atoms with Crippen LogP contribution in [-0.4, -0.2) is 19.8 Å². The molecule has 3 rings (SSSR count). The van der Waals surface area contributed by atoms with Crippen molar-refractivity contribution in [1.82, 2.24) is 5.32 Å². The van der Waals surface area contributed by atoms with Gasteiger partial charge in [-0.3, -0.25) is 0 Å². The highest BCUT2D eigenvalue weighted by Gasteiger charge is 2.31. The molecule has 0 aliphatic carbocycles. The fourth-order valence-corrected chi connectivity index (χ4v) is 3.24.